The lowest BCUT2D eigenvalue weighted by Crippen LogP contribution is -2.23. The Kier molecular flexibility index (Phi) is 4.94. The molecule has 1 aliphatic rings. The average Bonchev–Trinajstić information content (AvgIpc) is 3.38. The summed E-state index contributed by atoms with van der Waals surface area (Å²) in [6.45, 7) is 0.485. The number of hydrogen-bond acceptors (Lipinski definition) is 5. The molecule has 0 aromatic carbocycles. The number of aromatic amines is 1. The minimum atomic E-state index is 0.0539. The van der Waals surface area contributed by atoms with Gasteiger partial charge in [0, 0.05) is 23.9 Å². The molecule has 1 amide bonds. The molecular weight excluding hydrogens is 352 g/mol. The Labute approximate surface area is 154 Å². The summed E-state index contributed by atoms with van der Waals surface area (Å²) in [5.41, 5.74) is 4.60. The second kappa shape index (κ2) is 7.49. The molecule has 25 heavy (non-hydrogen) atoms. The van der Waals surface area contributed by atoms with Gasteiger partial charge in [-0.05, 0) is 42.7 Å². The zero-order valence-electron chi connectivity index (χ0n) is 13.9. The van der Waals surface area contributed by atoms with Crippen LogP contribution in [0.5, 0.6) is 0 Å². The number of nitrogens with zero attached hydrogens (tertiary/aromatic N) is 2. The van der Waals surface area contributed by atoms with Gasteiger partial charge in [0.05, 0.1) is 22.8 Å². The lowest BCUT2D eigenvalue weighted by Gasteiger charge is -2.11. The van der Waals surface area contributed by atoms with Crippen LogP contribution in [-0.2, 0) is 30.6 Å². The van der Waals surface area contributed by atoms with Gasteiger partial charge in [0.1, 0.15) is 5.01 Å². The van der Waals surface area contributed by atoms with Crippen molar-refractivity contribution in [3.63, 3.8) is 0 Å². The van der Waals surface area contributed by atoms with Crippen molar-refractivity contribution in [2.75, 3.05) is 0 Å². The second-order valence-electron chi connectivity index (χ2n) is 6.23. The standard InChI is InChI=1S/C18H20N4OS2/c23-17(8-7-15-13-4-1-2-5-14(13)21-22-15)19-10-12-11-25-18(20-12)16-6-3-9-24-16/h3,6,9,11H,1-2,4-5,7-8,10H2,(H,19,23)(H,21,22). The summed E-state index contributed by atoms with van der Waals surface area (Å²) in [7, 11) is 0. The van der Waals surface area contributed by atoms with Crippen LogP contribution in [0.3, 0.4) is 0 Å². The molecule has 0 spiro atoms. The van der Waals surface area contributed by atoms with E-state index in [1.54, 1.807) is 22.7 Å². The fourth-order valence-electron chi connectivity index (χ4n) is 3.17. The van der Waals surface area contributed by atoms with Crippen LogP contribution in [0.2, 0.25) is 0 Å². The van der Waals surface area contributed by atoms with Crippen molar-refractivity contribution in [2.24, 2.45) is 0 Å². The number of aryl methyl sites for hydroxylation is 2. The fraction of sp³-hybridized carbons (Fsp3) is 0.389. The van der Waals surface area contributed by atoms with Gasteiger partial charge in [0.2, 0.25) is 5.91 Å². The quantitative estimate of drug-likeness (QED) is 0.693. The van der Waals surface area contributed by atoms with Gasteiger partial charge in [-0.3, -0.25) is 9.89 Å². The van der Waals surface area contributed by atoms with E-state index >= 15 is 0 Å². The Bertz CT molecular complexity index is 850. The molecule has 0 fully saturated rings. The van der Waals surface area contributed by atoms with Crippen LogP contribution in [-0.4, -0.2) is 21.1 Å². The number of nitrogens with one attached hydrogen (secondary N) is 2. The monoisotopic (exact) mass is 372 g/mol. The first-order chi connectivity index (χ1) is 12.3. The minimum Gasteiger partial charge on any atom is -0.350 e. The summed E-state index contributed by atoms with van der Waals surface area (Å²) in [5.74, 6) is 0.0539. The SMILES string of the molecule is O=C(CCc1n[nH]c2c1CCCC2)NCc1csc(-c2cccs2)n1. The Balaban J connectivity index is 1.28. The summed E-state index contributed by atoms with van der Waals surface area (Å²) in [4.78, 5) is 17.9. The van der Waals surface area contributed by atoms with Gasteiger partial charge in [-0.2, -0.15) is 5.10 Å². The molecule has 0 aliphatic heterocycles. The van der Waals surface area contributed by atoms with E-state index in [-0.39, 0.29) is 5.91 Å². The summed E-state index contributed by atoms with van der Waals surface area (Å²) >= 11 is 3.30. The molecule has 0 unspecified atom stereocenters. The number of aromatic nitrogens is 3. The summed E-state index contributed by atoms with van der Waals surface area (Å²) in [6, 6.07) is 4.09. The highest BCUT2D eigenvalue weighted by Crippen LogP contribution is 2.27. The first kappa shape index (κ1) is 16.5. The van der Waals surface area contributed by atoms with Gasteiger partial charge < -0.3 is 5.32 Å². The van der Waals surface area contributed by atoms with Crippen molar-refractivity contribution >= 4 is 28.6 Å². The molecular formula is C18H20N4OS2. The number of fused-ring (bicyclic) bond motifs is 1. The van der Waals surface area contributed by atoms with Crippen LogP contribution >= 0.6 is 22.7 Å². The van der Waals surface area contributed by atoms with Crippen LogP contribution in [0.25, 0.3) is 9.88 Å². The topological polar surface area (TPSA) is 70.7 Å². The van der Waals surface area contributed by atoms with Gasteiger partial charge in [-0.25, -0.2) is 4.98 Å². The van der Waals surface area contributed by atoms with Crippen molar-refractivity contribution in [3.05, 3.63) is 45.5 Å². The Morgan fingerprint density at radius 3 is 3.08 bits per heavy atom. The average molecular weight is 373 g/mol. The zero-order chi connectivity index (χ0) is 17.1. The van der Waals surface area contributed by atoms with Gasteiger partial charge in [-0.1, -0.05) is 6.07 Å². The Hall–Kier alpha value is -1.99. The minimum absolute atomic E-state index is 0.0539. The molecule has 0 saturated carbocycles. The highest BCUT2D eigenvalue weighted by atomic mass is 32.1. The molecule has 0 saturated heterocycles. The van der Waals surface area contributed by atoms with E-state index in [1.165, 1.54) is 29.0 Å². The van der Waals surface area contributed by atoms with Gasteiger partial charge in [-0.15, -0.1) is 22.7 Å². The van der Waals surface area contributed by atoms with Gasteiger partial charge in [0.15, 0.2) is 0 Å². The van der Waals surface area contributed by atoms with Crippen molar-refractivity contribution < 1.29 is 4.79 Å². The van der Waals surface area contributed by atoms with Gasteiger partial charge in [0.25, 0.3) is 0 Å². The molecule has 5 nitrogen and oxygen atoms in total. The van der Waals surface area contributed by atoms with Crippen molar-refractivity contribution in [2.45, 2.75) is 45.1 Å². The smallest absolute Gasteiger partial charge is 0.220 e. The van der Waals surface area contributed by atoms with E-state index in [1.807, 2.05) is 16.8 Å². The zero-order valence-corrected chi connectivity index (χ0v) is 15.5. The first-order valence-corrected chi connectivity index (χ1v) is 10.4. The molecule has 2 N–H and O–H groups in total. The second-order valence-corrected chi connectivity index (χ2v) is 8.04. The summed E-state index contributed by atoms with van der Waals surface area (Å²) in [6.07, 6.45) is 5.81. The summed E-state index contributed by atoms with van der Waals surface area (Å²) < 4.78 is 0. The van der Waals surface area contributed by atoms with Crippen LogP contribution in [0.4, 0.5) is 0 Å². The lowest BCUT2D eigenvalue weighted by molar-refractivity contribution is -0.121. The molecule has 130 valence electrons. The number of thiophene rings is 1. The lowest BCUT2D eigenvalue weighted by atomic mass is 9.95. The molecule has 3 heterocycles. The highest BCUT2D eigenvalue weighted by Gasteiger charge is 2.17. The van der Waals surface area contributed by atoms with Crippen LogP contribution < -0.4 is 5.32 Å². The number of carbonyl (C=O) groups excluding carboxylic acids is 1. The molecule has 7 heteroatoms. The fourth-order valence-corrected chi connectivity index (χ4v) is 4.80. The van der Waals surface area contributed by atoms with E-state index in [9.17, 15) is 4.79 Å². The molecule has 1 aliphatic carbocycles. The van der Waals surface area contributed by atoms with Crippen LogP contribution in [0.15, 0.2) is 22.9 Å². The molecule has 3 aromatic heterocycles. The highest BCUT2D eigenvalue weighted by molar-refractivity contribution is 7.20. The van der Waals surface area contributed by atoms with E-state index < -0.39 is 0 Å². The molecule has 0 radical (unpaired) electrons. The number of thiazole rings is 1. The Morgan fingerprint density at radius 1 is 1.28 bits per heavy atom. The number of hydrogen-bond donors (Lipinski definition) is 2. The third-order valence-corrected chi connectivity index (χ3v) is 6.41. The summed E-state index contributed by atoms with van der Waals surface area (Å²) in [5, 5.41) is 15.6. The first-order valence-electron chi connectivity index (χ1n) is 8.59. The number of carbonyl (C=O) groups is 1. The van der Waals surface area contributed by atoms with Crippen molar-refractivity contribution in [1.29, 1.82) is 0 Å². The maximum Gasteiger partial charge on any atom is 0.220 e. The largest absolute Gasteiger partial charge is 0.350 e. The predicted octanol–water partition coefficient (Wildman–Crippen LogP) is 3.72. The van der Waals surface area contributed by atoms with Crippen LogP contribution in [0, 0.1) is 0 Å². The van der Waals surface area contributed by atoms with Crippen molar-refractivity contribution in [1.82, 2.24) is 20.5 Å². The molecule has 0 atom stereocenters. The van der Waals surface area contributed by atoms with Crippen molar-refractivity contribution in [3.8, 4) is 9.88 Å². The predicted molar refractivity (Wildman–Crippen MR) is 101 cm³/mol. The maximum atomic E-state index is 12.1. The van der Waals surface area contributed by atoms with E-state index in [4.69, 9.17) is 0 Å². The van der Waals surface area contributed by atoms with Crippen LogP contribution in [0.1, 0.15) is 41.9 Å². The molecule has 3 aromatic rings. The number of amides is 1. The van der Waals surface area contributed by atoms with E-state index in [0.717, 1.165) is 29.2 Å². The number of rotatable bonds is 6. The normalized spacial score (nSPS) is 13.6. The Morgan fingerprint density at radius 2 is 2.20 bits per heavy atom. The third-order valence-electron chi connectivity index (χ3n) is 4.48. The van der Waals surface area contributed by atoms with E-state index in [0.29, 0.717) is 19.4 Å². The van der Waals surface area contributed by atoms with E-state index in [2.05, 4.69) is 26.6 Å². The third kappa shape index (κ3) is 3.82. The molecule has 4 rings (SSSR count). The maximum absolute atomic E-state index is 12.1. The van der Waals surface area contributed by atoms with Gasteiger partial charge >= 0.3 is 0 Å². The number of H-pyrrole nitrogens is 1. The molecule has 0 bridgehead atoms.